The molecule has 0 saturated heterocycles. The summed E-state index contributed by atoms with van der Waals surface area (Å²) in [5.74, 6) is 1.48. The van der Waals surface area contributed by atoms with E-state index in [1.165, 1.54) is 0 Å². The summed E-state index contributed by atoms with van der Waals surface area (Å²) in [5, 5.41) is 7.67. The third-order valence-corrected chi connectivity index (χ3v) is 1.75. The second-order valence-corrected chi connectivity index (χ2v) is 2.75. The normalized spacial score (nSPS) is 10.5. The third-order valence-electron chi connectivity index (χ3n) is 1.75. The summed E-state index contributed by atoms with van der Waals surface area (Å²) in [4.78, 5) is 0. The van der Waals surface area contributed by atoms with Crippen molar-refractivity contribution in [1.29, 1.82) is 0 Å². The van der Waals surface area contributed by atoms with Gasteiger partial charge in [0.2, 0.25) is 6.33 Å². The van der Waals surface area contributed by atoms with Gasteiger partial charge >= 0.3 is 0 Å². The van der Waals surface area contributed by atoms with E-state index in [-0.39, 0.29) is 0 Å². The maximum atomic E-state index is 5.22. The highest BCUT2D eigenvalue weighted by Gasteiger charge is 2.08. The largest absolute Gasteiger partial charge is 0.461 e. The lowest BCUT2D eigenvalue weighted by Crippen LogP contribution is -1.97. The summed E-state index contributed by atoms with van der Waals surface area (Å²) in [6.07, 6.45) is 5.45. The summed E-state index contributed by atoms with van der Waals surface area (Å²) >= 11 is 0. The Kier molecular flexibility index (Phi) is 2.12. The zero-order valence-electron chi connectivity index (χ0n) is 7.40. The lowest BCUT2D eigenvalue weighted by Gasteiger charge is -1.99. The lowest BCUT2D eigenvalue weighted by atomic mass is 10.4. The molecule has 0 bridgehead atoms. The summed E-state index contributed by atoms with van der Waals surface area (Å²) in [7, 11) is 0. The molecule has 0 aliphatic heterocycles. The second kappa shape index (κ2) is 3.43. The number of aromatic nitrogens is 3. The van der Waals surface area contributed by atoms with E-state index < -0.39 is 0 Å². The molecule has 2 aromatic heterocycles. The molecule has 2 heterocycles. The molecule has 2 rings (SSSR count). The Balaban J connectivity index is 2.35. The van der Waals surface area contributed by atoms with Crippen LogP contribution >= 0.6 is 0 Å². The Hall–Kier alpha value is -1.58. The van der Waals surface area contributed by atoms with E-state index in [1.807, 2.05) is 16.7 Å². The monoisotopic (exact) mass is 176 g/mol. The summed E-state index contributed by atoms with van der Waals surface area (Å²) in [6.45, 7) is 2.96. The molecule has 0 amide bonds. The van der Waals surface area contributed by atoms with Crippen molar-refractivity contribution in [1.82, 2.24) is 14.8 Å². The number of rotatable bonds is 3. The molecule has 13 heavy (non-hydrogen) atoms. The van der Waals surface area contributed by atoms with Gasteiger partial charge in [-0.2, -0.15) is 0 Å². The first-order chi connectivity index (χ1) is 6.42. The van der Waals surface area contributed by atoms with Crippen LogP contribution in [-0.4, -0.2) is 14.8 Å². The fourth-order valence-electron chi connectivity index (χ4n) is 1.19. The zero-order valence-corrected chi connectivity index (χ0v) is 7.40. The molecule has 0 aliphatic rings. The molecule has 0 fully saturated rings. The molecule has 0 atom stereocenters. The molecule has 4 heteroatoms. The standard InChI is InChI=1S/C9H10N3O/c1-2-5-12-7-10-11-9(12)8-4-3-6-13-8/h3-4,6H,2,5H2,1H3. The lowest BCUT2D eigenvalue weighted by molar-refractivity contribution is 0.566. The Morgan fingerprint density at radius 2 is 2.54 bits per heavy atom. The second-order valence-electron chi connectivity index (χ2n) is 2.75. The van der Waals surface area contributed by atoms with Crippen molar-refractivity contribution in [2.24, 2.45) is 0 Å². The molecule has 0 aromatic carbocycles. The van der Waals surface area contributed by atoms with Crippen LogP contribution in [0, 0.1) is 6.33 Å². The van der Waals surface area contributed by atoms with Crippen LogP contribution in [0.4, 0.5) is 0 Å². The molecule has 1 radical (unpaired) electrons. The van der Waals surface area contributed by atoms with E-state index in [9.17, 15) is 0 Å². The average molecular weight is 176 g/mol. The average Bonchev–Trinajstić information content (AvgIpc) is 2.71. The predicted octanol–water partition coefficient (Wildman–Crippen LogP) is 1.75. The Morgan fingerprint density at radius 3 is 3.23 bits per heavy atom. The van der Waals surface area contributed by atoms with Crippen molar-refractivity contribution < 1.29 is 4.42 Å². The van der Waals surface area contributed by atoms with E-state index in [1.54, 1.807) is 6.26 Å². The van der Waals surface area contributed by atoms with Crippen molar-refractivity contribution in [3.63, 3.8) is 0 Å². The molecule has 0 unspecified atom stereocenters. The maximum absolute atomic E-state index is 5.22. The molecule has 0 N–H and O–H groups in total. The Bertz CT molecular complexity index is 364. The van der Waals surface area contributed by atoms with E-state index in [0.717, 1.165) is 24.6 Å². The number of hydrogen-bond acceptors (Lipinski definition) is 3. The molecule has 0 saturated carbocycles. The fourth-order valence-corrected chi connectivity index (χ4v) is 1.19. The van der Waals surface area contributed by atoms with Crippen LogP contribution in [-0.2, 0) is 6.54 Å². The van der Waals surface area contributed by atoms with Crippen molar-refractivity contribution in [3.8, 4) is 11.6 Å². The predicted molar refractivity (Wildman–Crippen MR) is 46.9 cm³/mol. The van der Waals surface area contributed by atoms with Gasteiger partial charge in [-0.05, 0) is 18.6 Å². The van der Waals surface area contributed by atoms with Crippen LogP contribution in [0.25, 0.3) is 11.6 Å². The number of aryl methyl sites for hydroxylation is 1. The van der Waals surface area contributed by atoms with Crippen LogP contribution in [0.5, 0.6) is 0 Å². The number of hydrogen-bond donors (Lipinski definition) is 0. The van der Waals surface area contributed by atoms with Crippen LogP contribution in [0.1, 0.15) is 13.3 Å². The topological polar surface area (TPSA) is 43.9 Å². The van der Waals surface area contributed by atoms with Gasteiger partial charge in [0.15, 0.2) is 11.6 Å². The van der Waals surface area contributed by atoms with E-state index in [4.69, 9.17) is 4.42 Å². The van der Waals surface area contributed by atoms with E-state index >= 15 is 0 Å². The van der Waals surface area contributed by atoms with Crippen molar-refractivity contribution >= 4 is 0 Å². The SMILES string of the molecule is CCCn1[c]nnc1-c1ccco1. The van der Waals surface area contributed by atoms with Gasteiger partial charge in [-0.3, -0.25) is 0 Å². The minimum atomic E-state index is 0.738. The minimum Gasteiger partial charge on any atom is -0.461 e. The van der Waals surface area contributed by atoms with Gasteiger partial charge in [-0.1, -0.05) is 6.92 Å². The van der Waals surface area contributed by atoms with Crippen LogP contribution < -0.4 is 0 Å². The first kappa shape index (κ1) is 8.04. The van der Waals surface area contributed by atoms with Crippen molar-refractivity contribution in [2.45, 2.75) is 19.9 Å². The zero-order chi connectivity index (χ0) is 9.10. The Labute approximate surface area is 76.2 Å². The minimum absolute atomic E-state index is 0.738. The maximum Gasteiger partial charge on any atom is 0.202 e. The fraction of sp³-hybridized carbons (Fsp3) is 0.333. The van der Waals surface area contributed by atoms with Crippen LogP contribution in [0.3, 0.4) is 0 Å². The number of nitrogens with zero attached hydrogens (tertiary/aromatic N) is 3. The molecular weight excluding hydrogens is 166 g/mol. The molecule has 4 nitrogen and oxygen atoms in total. The summed E-state index contributed by atoms with van der Waals surface area (Å²) in [5.41, 5.74) is 0. The smallest absolute Gasteiger partial charge is 0.202 e. The molecule has 2 aromatic rings. The van der Waals surface area contributed by atoms with Gasteiger partial charge in [0.05, 0.1) is 6.26 Å². The Morgan fingerprint density at radius 1 is 1.62 bits per heavy atom. The van der Waals surface area contributed by atoms with E-state index in [0.29, 0.717) is 0 Å². The molecular formula is C9H10N3O. The van der Waals surface area contributed by atoms with Crippen LogP contribution in [0.2, 0.25) is 0 Å². The molecule has 0 spiro atoms. The van der Waals surface area contributed by atoms with Gasteiger partial charge in [-0.25, -0.2) is 0 Å². The summed E-state index contributed by atoms with van der Waals surface area (Å²) < 4.78 is 7.08. The quantitative estimate of drug-likeness (QED) is 0.715. The highest BCUT2D eigenvalue weighted by Crippen LogP contribution is 2.16. The third kappa shape index (κ3) is 1.47. The van der Waals surface area contributed by atoms with Gasteiger partial charge in [0.1, 0.15) is 0 Å². The van der Waals surface area contributed by atoms with E-state index in [2.05, 4.69) is 23.4 Å². The van der Waals surface area contributed by atoms with Crippen molar-refractivity contribution in [3.05, 3.63) is 24.7 Å². The van der Waals surface area contributed by atoms with Gasteiger partial charge in [-0.15, -0.1) is 10.2 Å². The highest BCUT2D eigenvalue weighted by molar-refractivity contribution is 5.45. The van der Waals surface area contributed by atoms with Crippen LogP contribution in [0.15, 0.2) is 22.8 Å². The van der Waals surface area contributed by atoms with Gasteiger partial charge in [0, 0.05) is 6.54 Å². The number of furan rings is 1. The molecule has 0 aliphatic carbocycles. The highest BCUT2D eigenvalue weighted by atomic mass is 16.3. The van der Waals surface area contributed by atoms with Gasteiger partial charge < -0.3 is 8.98 Å². The first-order valence-corrected chi connectivity index (χ1v) is 4.26. The summed E-state index contributed by atoms with van der Waals surface area (Å²) in [6, 6.07) is 3.70. The first-order valence-electron chi connectivity index (χ1n) is 4.26. The van der Waals surface area contributed by atoms with Gasteiger partial charge in [0.25, 0.3) is 0 Å². The van der Waals surface area contributed by atoms with Crippen molar-refractivity contribution in [2.75, 3.05) is 0 Å². The molecule has 67 valence electrons.